The monoisotopic (exact) mass is 426 g/mol. The summed E-state index contributed by atoms with van der Waals surface area (Å²) < 4.78 is 24.6. The third kappa shape index (κ3) is 5.18. The van der Waals surface area contributed by atoms with Crippen LogP contribution in [0.15, 0.2) is 28.8 Å². The highest BCUT2D eigenvalue weighted by molar-refractivity contribution is 5.93. The van der Waals surface area contributed by atoms with Gasteiger partial charge in [0.25, 0.3) is 11.6 Å². The van der Waals surface area contributed by atoms with Gasteiger partial charge in [-0.1, -0.05) is 44.2 Å². The molecule has 1 aromatic carbocycles. The number of amides is 1. The van der Waals surface area contributed by atoms with Gasteiger partial charge in [-0.3, -0.25) is 4.79 Å². The largest absolute Gasteiger partial charge is 0.467 e. The molecule has 1 saturated carbocycles. The van der Waals surface area contributed by atoms with Crippen molar-refractivity contribution in [2.45, 2.75) is 64.3 Å². The van der Waals surface area contributed by atoms with E-state index in [9.17, 15) is 9.18 Å². The van der Waals surface area contributed by atoms with Crippen LogP contribution in [0.5, 0.6) is 5.88 Å². The number of benzene rings is 1. The van der Waals surface area contributed by atoms with E-state index in [4.69, 9.17) is 9.26 Å². The van der Waals surface area contributed by atoms with E-state index in [0.717, 1.165) is 25.7 Å². The first-order valence-corrected chi connectivity index (χ1v) is 11.0. The number of carbonyl (C=O) groups excluding carboxylic acids is 1. The lowest BCUT2D eigenvalue weighted by Gasteiger charge is -2.21. The molecule has 0 saturated heterocycles. The second-order valence-corrected chi connectivity index (χ2v) is 7.91. The maximum Gasteiger partial charge on any atom is 0.265 e. The van der Waals surface area contributed by atoms with Gasteiger partial charge in [0.05, 0.1) is 0 Å². The van der Waals surface area contributed by atoms with Crippen molar-refractivity contribution in [1.82, 2.24) is 20.4 Å². The average Bonchev–Trinajstić information content (AvgIpc) is 3.18. The molecule has 0 radical (unpaired) electrons. The molecule has 1 N–H and O–H groups in total. The molecule has 0 aliphatic heterocycles. The van der Waals surface area contributed by atoms with Crippen molar-refractivity contribution in [3.63, 3.8) is 0 Å². The smallest absolute Gasteiger partial charge is 0.265 e. The lowest BCUT2D eigenvalue weighted by atomic mass is 9.97. The number of aromatic nitrogens is 3. The lowest BCUT2D eigenvalue weighted by molar-refractivity contribution is -0.124. The maximum atomic E-state index is 13.3. The summed E-state index contributed by atoms with van der Waals surface area (Å²) in [7, 11) is 0. The minimum Gasteiger partial charge on any atom is -0.467 e. The van der Waals surface area contributed by atoms with Gasteiger partial charge < -0.3 is 14.6 Å². The Hall–Kier alpha value is -3.03. The van der Waals surface area contributed by atoms with Gasteiger partial charge in [0, 0.05) is 18.0 Å². The maximum absolute atomic E-state index is 13.3. The van der Waals surface area contributed by atoms with Crippen molar-refractivity contribution in [3.05, 3.63) is 35.9 Å². The Kier molecular flexibility index (Phi) is 6.74. The van der Waals surface area contributed by atoms with Crippen molar-refractivity contribution in [1.29, 1.82) is 0 Å². The first-order valence-electron chi connectivity index (χ1n) is 11.0. The molecule has 3 aromatic rings. The summed E-state index contributed by atoms with van der Waals surface area (Å²) in [4.78, 5) is 21.4. The first-order chi connectivity index (χ1) is 15.1. The van der Waals surface area contributed by atoms with Crippen LogP contribution in [0.1, 0.15) is 57.7 Å². The topological polar surface area (TPSA) is 90.1 Å². The van der Waals surface area contributed by atoms with Crippen LogP contribution in [0.3, 0.4) is 0 Å². The molecule has 0 bridgehead atoms. The molecular weight excluding hydrogens is 399 g/mol. The van der Waals surface area contributed by atoms with Crippen molar-refractivity contribution in [2.75, 3.05) is 6.61 Å². The Morgan fingerprint density at radius 2 is 1.84 bits per heavy atom. The van der Waals surface area contributed by atoms with Crippen LogP contribution in [-0.4, -0.2) is 33.7 Å². The van der Waals surface area contributed by atoms with Crippen LogP contribution < -0.4 is 10.1 Å². The molecule has 2 heterocycles. The van der Waals surface area contributed by atoms with Crippen molar-refractivity contribution in [2.24, 2.45) is 0 Å². The molecule has 1 aliphatic carbocycles. The molecule has 0 unspecified atom stereocenters. The predicted molar refractivity (Wildman–Crippen MR) is 114 cm³/mol. The molecule has 1 aliphatic rings. The Balaban J connectivity index is 1.53. The van der Waals surface area contributed by atoms with Crippen LogP contribution in [-0.2, 0) is 11.2 Å². The molecule has 7 nitrogen and oxygen atoms in total. The first kappa shape index (κ1) is 21.2. The summed E-state index contributed by atoms with van der Waals surface area (Å²) in [5.74, 6) is 0.263. The number of nitrogens with zero attached hydrogens (tertiary/aromatic N) is 3. The van der Waals surface area contributed by atoms with E-state index in [1.807, 2.05) is 6.92 Å². The summed E-state index contributed by atoms with van der Waals surface area (Å²) in [6, 6.07) is 6.09. The van der Waals surface area contributed by atoms with Crippen LogP contribution in [0, 0.1) is 5.82 Å². The average molecular weight is 426 g/mol. The second-order valence-electron chi connectivity index (χ2n) is 7.91. The van der Waals surface area contributed by atoms with E-state index >= 15 is 0 Å². The van der Waals surface area contributed by atoms with Gasteiger partial charge in [0.2, 0.25) is 5.88 Å². The molecule has 8 heteroatoms. The Bertz CT molecular complexity index is 1030. The lowest BCUT2D eigenvalue weighted by Crippen LogP contribution is -2.38. The van der Waals surface area contributed by atoms with Crippen LogP contribution in [0.25, 0.3) is 22.4 Å². The normalized spacial score (nSPS) is 15.4. The summed E-state index contributed by atoms with van der Waals surface area (Å²) in [6.45, 7) is 1.77. The number of hydrogen-bond donors (Lipinski definition) is 1. The molecule has 2 aromatic heterocycles. The predicted octanol–water partition coefficient (Wildman–Crippen LogP) is 4.59. The minimum absolute atomic E-state index is 0.153. The summed E-state index contributed by atoms with van der Waals surface area (Å²) in [5, 5.41) is 7.66. The molecule has 31 heavy (non-hydrogen) atoms. The quantitative estimate of drug-likeness (QED) is 0.620. The van der Waals surface area contributed by atoms with Gasteiger partial charge in [-0.25, -0.2) is 4.39 Å². The van der Waals surface area contributed by atoms with Crippen molar-refractivity contribution < 1.29 is 18.4 Å². The zero-order chi connectivity index (χ0) is 21.6. The number of ether oxygens (including phenoxy) is 1. The second kappa shape index (κ2) is 9.85. The SMILES string of the molecule is CCc1nc(OCC(=O)NC2CCCCCCC2)c2c(-c3ccc(F)cc3)noc2n1. The summed E-state index contributed by atoms with van der Waals surface area (Å²) in [6.07, 6.45) is 8.59. The Morgan fingerprint density at radius 3 is 2.55 bits per heavy atom. The van der Waals surface area contributed by atoms with Crippen molar-refractivity contribution in [3.8, 4) is 17.1 Å². The Morgan fingerprint density at radius 1 is 1.13 bits per heavy atom. The van der Waals surface area contributed by atoms with E-state index in [1.54, 1.807) is 12.1 Å². The number of halogens is 1. The third-order valence-corrected chi connectivity index (χ3v) is 5.59. The zero-order valence-corrected chi connectivity index (χ0v) is 17.7. The molecule has 4 rings (SSSR count). The van der Waals surface area contributed by atoms with E-state index in [0.29, 0.717) is 28.9 Å². The number of fused-ring (bicyclic) bond motifs is 1. The number of nitrogens with one attached hydrogen (secondary N) is 1. The summed E-state index contributed by atoms with van der Waals surface area (Å²) in [5.41, 5.74) is 1.38. The number of carbonyl (C=O) groups is 1. The van der Waals surface area contributed by atoms with E-state index in [1.165, 1.54) is 31.4 Å². The highest BCUT2D eigenvalue weighted by atomic mass is 19.1. The van der Waals surface area contributed by atoms with E-state index in [2.05, 4.69) is 20.4 Å². The van der Waals surface area contributed by atoms with Gasteiger partial charge >= 0.3 is 0 Å². The summed E-state index contributed by atoms with van der Waals surface area (Å²) >= 11 is 0. The molecule has 0 spiro atoms. The van der Waals surface area contributed by atoms with Crippen LogP contribution >= 0.6 is 0 Å². The van der Waals surface area contributed by atoms with E-state index in [-0.39, 0.29) is 36.0 Å². The van der Waals surface area contributed by atoms with Gasteiger partial charge in [0.1, 0.15) is 22.7 Å². The molecule has 1 amide bonds. The fourth-order valence-electron chi connectivity index (χ4n) is 3.94. The van der Waals surface area contributed by atoms with Gasteiger partial charge in [-0.15, -0.1) is 0 Å². The van der Waals surface area contributed by atoms with Gasteiger partial charge in [0.15, 0.2) is 6.61 Å². The minimum atomic E-state index is -0.344. The molecular formula is C23H27FN4O3. The van der Waals surface area contributed by atoms with Gasteiger partial charge in [-0.2, -0.15) is 9.97 Å². The van der Waals surface area contributed by atoms with Gasteiger partial charge in [-0.05, 0) is 37.1 Å². The molecule has 164 valence electrons. The number of aryl methyl sites for hydroxylation is 1. The Labute approximate surface area is 180 Å². The third-order valence-electron chi connectivity index (χ3n) is 5.59. The van der Waals surface area contributed by atoms with Crippen LogP contribution in [0.2, 0.25) is 0 Å². The fourth-order valence-corrected chi connectivity index (χ4v) is 3.94. The molecule has 0 atom stereocenters. The number of hydrogen-bond acceptors (Lipinski definition) is 6. The highest BCUT2D eigenvalue weighted by Gasteiger charge is 2.21. The molecule has 1 fully saturated rings. The highest BCUT2D eigenvalue weighted by Crippen LogP contribution is 2.33. The fraction of sp³-hybridized carbons (Fsp3) is 0.478. The van der Waals surface area contributed by atoms with E-state index < -0.39 is 0 Å². The zero-order valence-electron chi connectivity index (χ0n) is 17.7. The van der Waals surface area contributed by atoms with Crippen molar-refractivity contribution >= 4 is 17.0 Å². The van der Waals surface area contributed by atoms with Crippen LogP contribution in [0.4, 0.5) is 4.39 Å². The number of rotatable bonds is 6. The standard InChI is InChI=1S/C23H27FN4O3/c1-2-18-26-22(30-14-19(29)25-17-8-6-4-3-5-7-9-17)20-21(28-31-23(20)27-18)15-10-12-16(24)13-11-15/h10-13,17H,2-9,14H2,1H3,(H,25,29).